The van der Waals surface area contributed by atoms with E-state index in [9.17, 15) is 9.59 Å². The van der Waals surface area contributed by atoms with Crippen LogP contribution < -0.4 is 5.32 Å². The predicted molar refractivity (Wildman–Crippen MR) is 107 cm³/mol. The summed E-state index contributed by atoms with van der Waals surface area (Å²) in [6.07, 6.45) is 1.56. The Kier molecular flexibility index (Phi) is 4.94. The number of hydrogen-bond donors (Lipinski definition) is 1. The first-order chi connectivity index (χ1) is 14.2. The topological polar surface area (TPSA) is 86.4 Å². The highest BCUT2D eigenvalue weighted by atomic mass is 16.5. The Labute approximate surface area is 166 Å². The number of nitrogens with zero attached hydrogens (tertiary/aromatic N) is 2. The van der Waals surface area contributed by atoms with Crippen molar-refractivity contribution >= 4 is 17.6 Å². The van der Waals surface area contributed by atoms with E-state index in [-0.39, 0.29) is 5.91 Å². The van der Waals surface area contributed by atoms with Gasteiger partial charge in [0.1, 0.15) is 11.4 Å². The van der Waals surface area contributed by atoms with Crippen molar-refractivity contribution in [1.29, 1.82) is 0 Å². The van der Waals surface area contributed by atoms with Gasteiger partial charge in [-0.1, -0.05) is 18.2 Å². The van der Waals surface area contributed by atoms with Gasteiger partial charge in [0.15, 0.2) is 5.76 Å². The smallest absolute Gasteiger partial charge is 0.337 e. The molecular weight excluding hydrogens is 370 g/mol. The third-order valence-corrected chi connectivity index (χ3v) is 4.28. The van der Waals surface area contributed by atoms with E-state index in [1.807, 2.05) is 30.3 Å². The second-order valence-corrected chi connectivity index (χ2v) is 6.16. The number of benzene rings is 2. The number of rotatable bonds is 5. The quantitative estimate of drug-likeness (QED) is 0.520. The molecule has 0 saturated carbocycles. The van der Waals surface area contributed by atoms with Crippen LogP contribution in [0.2, 0.25) is 0 Å². The van der Waals surface area contributed by atoms with E-state index >= 15 is 0 Å². The van der Waals surface area contributed by atoms with Crippen molar-refractivity contribution < 1.29 is 18.7 Å². The van der Waals surface area contributed by atoms with Crippen molar-refractivity contribution in [3.8, 4) is 17.1 Å². The van der Waals surface area contributed by atoms with Gasteiger partial charge in [-0.3, -0.25) is 4.79 Å². The first-order valence-corrected chi connectivity index (χ1v) is 8.85. The summed E-state index contributed by atoms with van der Waals surface area (Å²) in [6.45, 7) is 0. The molecule has 0 saturated heterocycles. The second kappa shape index (κ2) is 7.85. The number of anilines is 1. The molecule has 1 amide bonds. The molecule has 0 aliphatic heterocycles. The molecule has 0 spiro atoms. The van der Waals surface area contributed by atoms with Crippen molar-refractivity contribution in [3.05, 3.63) is 90.3 Å². The van der Waals surface area contributed by atoms with Crippen LogP contribution in [0.5, 0.6) is 0 Å². The standard InChI is InChI=1S/C22H17N3O4/c1-28-22(27)15-9-11-16(12-10-15)23-21(26)19-14-18(20-8-5-13-29-20)24-25(19)17-6-3-2-4-7-17/h2-14H,1H3,(H,23,26). The summed E-state index contributed by atoms with van der Waals surface area (Å²) >= 11 is 0. The molecule has 144 valence electrons. The van der Waals surface area contributed by atoms with Gasteiger partial charge in [-0.15, -0.1) is 0 Å². The Morgan fingerprint density at radius 1 is 1.00 bits per heavy atom. The van der Waals surface area contributed by atoms with Gasteiger partial charge in [0.05, 0.1) is 24.6 Å². The highest BCUT2D eigenvalue weighted by Crippen LogP contribution is 2.23. The van der Waals surface area contributed by atoms with E-state index in [2.05, 4.69) is 15.2 Å². The largest absolute Gasteiger partial charge is 0.465 e. The van der Waals surface area contributed by atoms with E-state index in [4.69, 9.17) is 4.42 Å². The highest BCUT2D eigenvalue weighted by Gasteiger charge is 2.19. The summed E-state index contributed by atoms with van der Waals surface area (Å²) in [5.41, 5.74) is 2.59. The summed E-state index contributed by atoms with van der Waals surface area (Å²) in [7, 11) is 1.32. The number of carbonyl (C=O) groups excluding carboxylic acids is 2. The molecule has 4 aromatic rings. The third-order valence-electron chi connectivity index (χ3n) is 4.28. The van der Waals surface area contributed by atoms with E-state index in [0.717, 1.165) is 5.69 Å². The molecule has 0 atom stereocenters. The molecule has 0 radical (unpaired) electrons. The number of ether oxygens (including phenoxy) is 1. The molecule has 2 heterocycles. The fourth-order valence-electron chi connectivity index (χ4n) is 2.86. The van der Waals surface area contributed by atoms with Crippen LogP contribution in [0.15, 0.2) is 83.5 Å². The molecule has 0 unspecified atom stereocenters. The van der Waals surface area contributed by atoms with E-state index in [0.29, 0.717) is 28.4 Å². The number of amides is 1. The molecule has 2 aromatic heterocycles. The molecule has 2 aromatic carbocycles. The molecule has 7 nitrogen and oxygen atoms in total. The number of furan rings is 1. The Morgan fingerprint density at radius 3 is 2.41 bits per heavy atom. The van der Waals surface area contributed by atoms with Crippen LogP contribution in [0.1, 0.15) is 20.8 Å². The van der Waals surface area contributed by atoms with Crippen LogP contribution in [-0.4, -0.2) is 28.8 Å². The predicted octanol–water partition coefficient (Wildman–Crippen LogP) is 4.17. The normalized spacial score (nSPS) is 10.5. The van der Waals surface area contributed by atoms with Crippen molar-refractivity contribution in [1.82, 2.24) is 9.78 Å². The lowest BCUT2D eigenvalue weighted by Gasteiger charge is -2.08. The van der Waals surface area contributed by atoms with Gasteiger partial charge in [-0.05, 0) is 48.5 Å². The minimum Gasteiger partial charge on any atom is -0.465 e. The van der Waals surface area contributed by atoms with Crippen molar-refractivity contribution in [2.75, 3.05) is 12.4 Å². The van der Waals surface area contributed by atoms with Gasteiger partial charge in [0.2, 0.25) is 0 Å². The Balaban J connectivity index is 1.66. The number of esters is 1. The van der Waals surface area contributed by atoms with Crippen molar-refractivity contribution in [2.45, 2.75) is 0 Å². The molecule has 7 heteroatoms. The summed E-state index contributed by atoms with van der Waals surface area (Å²) in [4.78, 5) is 24.5. The summed E-state index contributed by atoms with van der Waals surface area (Å²) in [5, 5.41) is 7.36. The molecule has 0 fully saturated rings. The maximum absolute atomic E-state index is 13.0. The van der Waals surface area contributed by atoms with Crippen LogP contribution in [0, 0.1) is 0 Å². The number of aromatic nitrogens is 2. The summed E-state index contributed by atoms with van der Waals surface area (Å²) in [6, 6.07) is 21.0. The van der Waals surface area contributed by atoms with Crippen LogP contribution in [0.4, 0.5) is 5.69 Å². The van der Waals surface area contributed by atoms with Crippen LogP contribution in [-0.2, 0) is 4.74 Å². The fraction of sp³-hybridized carbons (Fsp3) is 0.0455. The zero-order chi connectivity index (χ0) is 20.2. The minimum absolute atomic E-state index is 0.343. The Morgan fingerprint density at radius 2 is 1.76 bits per heavy atom. The van der Waals surface area contributed by atoms with Gasteiger partial charge in [-0.25, -0.2) is 9.48 Å². The lowest BCUT2D eigenvalue weighted by atomic mass is 10.2. The monoisotopic (exact) mass is 387 g/mol. The molecular formula is C22H17N3O4. The average molecular weight is 387 g/mol. The van der Waals surface area contributed by atoms with E-state index in [1.54, 1.807) is 53.4 Å². The lowest BCUT2D eigenvalue weighted by molar-refractivity contribution is 0.0600. The van der Waals surface area contributed by atoms with Crippen molar-refractivity contribution in [3.63, 3.8) is 0 Å². The molecule has 0 bridgehead atoms. The zero-order valence-electron chi connectivity index (χ0n) is 15.5. The number of nitrogens with one attached hydrogen (secondary N) is 1. The number of para-hydroxylation sites is 1. The second-order valence-electron chi connectivity index (χ2n) is 6.16. The fourth-order valence-corrected chi connectivity index (χ4v) is 2.86. The SMILES string of the molecule is COC(=O)c1ccc(NC(=O)c2cc(-c3ccco3)nn2-c2ccccc2)cc1. The molecule has 1 N–H and O–H groups in total. The van der Waals surface area contributed by atoms with E-state index in [1.165, 1.54) is 7.11 Å². The van der Waals surface area contributed by atoms with Gasteiger partial charge < -0.3 is 14.5 Å². The lowest BCUT2D eigenvalue weighted by Crippen LogP contribution is -2.17. The molecule has 29 heavy (non-hydrogen) atoms. The first kappa shape index (κ1) is 18.2. The van der Waals surface area contributed by atoms with Gasteiger partial charge in [0.25, 0.3) is 5.91 Å². The molecule has 0 aliphatic rings. The highest BCUT2D eigenvalue weighted by molar-refractivity contribution is 6.04. The van der Waals surface area contributed by atoms with Gasteiger partial charge in [0, 0.05) is 11.8 Å². The number of carbonyl (C=O) groups is 2. The van der Waals surface area contributed by atoms with Crippen LogP contribution >= 0.6 is 0 Å². The van der Waals surface area contributed by atoms with Crippen LogP contribution in [0.3, 0.4) is 0 Å². The maximum Gasteiger partial charge on any atom is 0.337 e. The summed E-state index contributed by atoms with van der Waals surface area (Å²) < 4.78 is 11.7. The zero-order valence-corrected chi connectivity index (χ0v) is 15.5. The number of methoxy groups -OCH3 is 1. The van der Waals surface area contributed by atoms with Gasteiger partial charge in [-0.2, -0.15) is 5.10 Å². The van der Waals surface area contributed by atoms with Gasteiger partial charge >= 0.3 is 5.97 Å². The third kappa shape index (κ3) is 3.79. The van der Waals surface area contributed by atoms with E-state index < -0.39 is 5.97 Å². The Hall–Kier alpha value is -4.13. The summed E-state index contributed by atoms with van der Waals surface area (Å²) in [5.74, 6) is -0.214. The first-order valence-electron chi connectivity index (χ1n) is 8.85. The minimum atomic E-state index is -0.437. The Bertz CT molecular complexity index is 1130. The number of hydrogen-bond acceptors (Lipinski definition) is 5. The van der Waals surface area contributed by atoms with Crippen molar-refractivity contribution in [2.24, 2.45) is 0 Å². The molecule has 0 aliphatic carbocycles. The maximum atomic E-state index is 13.0. The van der Waals surface area contributed by atoms with Crippen LogP contribution in [0.25, 0.3) is 17.1 Å². The average Bonchev–Trinajstić information content (AvgIpc) is 3.44. The molecule has 4 rings (SSSR count).